The fourth-order valence-corrected chi connectivity index (χ4v) is 3.63. The molecule has 7 nitrogen and oxygen atoms in total. The lowest BCUT2D eigenvalue weighted by Gasteiger charge is -2.13. The lowest BCUT2D eigenvalue weighted by atomic mass is 10.1. The third-order valence-electron chi connectivity index (χ3n) is 4.22. The standard InChI is InChI=1S/C20H22N2O5S/c1-15(6-9-17-4-2-12-26-17)22-20(23)16-7-10-19(11-8-16)28(24,25)21-14-18-5-3-13-27-18/h2-5,7-8,10-13,15,21H,6,9,14H2,1H3,(H,22,23)/t15-/m0/s1. The summed E-state index contributed by atoms with van der Waals surface area (Å²) >= 11 is 0. The normalized spacial score (nSPS) is 12.6. The predicted molar refractivity (Wildman–Crippen MR) is 103 cm³/mol. The second-order valence-electron chi connectivity index (χ2n) is 6.42. The summed E-state index contributed by atoms with van der Waals surface area (Å²) in [4.78, 5) is 12.4. The summed E-state index contributed by atoms with van der Waals surface area (Å²) in [7, 11) is -3.69. The van der Waals surface area contributed by atoms with Crippen molar-refractivity contribution in [2.24, 2.45) is 0 Å². The molecule has 1 aromatic carbocycles. The fourth-order valence-electron chi connectivity index (χ4n) is 2.64. The molecular weight excluding hydrogens is 380 g/mol. The van der Waals surface area contributed by atoms with Gasteiger partial charge in [0.05, 0.1) is 24.0 Å². The van der Waals surface area contributed by atoms with E-state index in [1.54, 1.807) is 18.4 Å². The van der Waals surface area contributed by atoms with E-state index in [0.29, 0.717) is 11.3 Å². The number of carbonyl (C=O) groups is 1. The smallest absolute Gasteiger partial charge is 0.251 e. The minimum absolute atomic E-state index is 0.0454. The number of sulfonamides is 1. The van der Waals surface area contributed by atoms with Gasteiger partial charge in [-0.3, -0.25) is 4.79 Å². The van der Waals surface area contributed by atoms with Crippen molar-refractivity contribution in [3.05, 3.63) is 78.1 Å². The molecule has 1 atom stereocenters. The highest BCUT2D eigenvalue weighted by Gasteiger charge is 2.16. The molecule has 0 radical (unpaired) electrons. The molecule has 1 amide bonds. The molecule has 8 heteroatoms. The summed E-state index contributed by atoms with van der Waals surface area (Å²) in [5.74, 6) is 1.14. The number of amides is 1. The first-order chi connectivity index (χ1) is 13.4. The van der Waals surface area contributed by atoms with Gasteiger partial charge >= 0.3 is 0 Å². The number of carbonyl (C=O) groups excluding carboxylic acids is 1. The second-order valence-corrected chi connectivity index (χ2v) is 8.19. The summed E-state index contributed by atoms with van der Waals surface area (Å²) in [5.41, 5.74) is 0.398. The molecule has 0 aliphatic heterocycles. The molecule has 0 fully saturated rings. The fraction of sp³-hybridized carbons (Fsp3) is 0.250. The number of hydrogen-bond acceptors (Lipinski definition) is 5. The van der Waals surface area contributed by atoms with E-state index < -0.39 is 10.0 Å². The van der Waals surface area contributed by atoms with Crippen LogP contribution < -0.4 is 10.0 Å². The van der Waals surface area contributed by atoms with Crippen molar-refractivity contribution < 1.29 is 22.0 Å². The van der Waals surface area contributed by atoms with Gasteiger partial charge in [-0.05, 0) is 61.9 Å². The van der Waals surface area contributed by atoms with Crippen LogP contribution in [0.4, 0.5) is 0 Å². The molecule has 2 aromatic heterocycles. The Morgan fingerprint density at radius 2 is 1.64 bits per heavy atom. The molecule has 0 saturated heterocycles. The van der Waals surface area contributed by atoms with Gasteiger partial charge in [-0.1, -0.05) is 0 Å². The van der Waals surface area contributed by atoms with Crippen molar-refractivity contribution in [1.82, 2.24) is 10.0 Å². The van der Waals surface area contributed by atoms with Gasteiger partial charge in [-0.15, -0.1) is 0 Å². The van der Waals surface area contributed by atoms with E-state index in [-0.39, 0.29) is 23.4 Å². The summed E-state index contributed by atoms with van der Waals surface area (Å²) < 4.78 is 37.5. The van der Waals surface area contributed by atoms with Crippen LogP contribution in [-0.4, -0.2) is 20.4 Å². The van der Waals surface area contributed by atoms with Crippen LogP contribution in [0.1, 0.15) is 35.2 Å². The van der Waals surface area contributed by atoms with Crippen LogP contribution in [0.15, 0.2) is 74.8 Å². The first-order valence-electron chi connectivity index (χ1n) is 8.89. The average molecular weight is 402 g/mol. The number of rotatable bonds is 9. The van der Waals surface area contributed by atoms with E-state index in [1.807, 2.05) is 19.1 Å². The zero-order valence-electron chi connectivity index (χ0n) is 15.4. The Morgan fingerprint density at radius 3 is 2.25 bits per heavy atom. The Kier molecular flexibility index (Phi) is 6.33. The highest BCUT2D eigenvalue weighted by Crippen LogP contribution is 2.12. The van der Waals surface area contributed by atoms with E-state index in [0.717, 1.165) is 18.6 Å². The van der Waals surface area contributed by atoms with Crippen LogP contribution in [0.5, 0.6) is 0 Å². The third kappa shape index (κ3) is 5.34. The first kappa shape index (κ1) is 19.9. The maximum absolute atomic E-state index is 12.3. The summed E-state index contributed by atoms with van der Waals surface area (Å²) in [6.07, 6.45) is 4.57. The zero-order chi connectivity index (χ0) is 20.0. The number of nitrogens with one attached hydrogen (secondary N) is 2. The Hall–Kier alpha value is -2.84. The molecule has 0 aliphatic rings. The van der Waals surface area contributed by atoms with Crippen LogP contribution in [0.2, 0.25) is 0 Å². The summed E-state index contributed by atoms with van der Waals surface area (Å²) in [6.45, 7) is 1.98. The van der Waals surface area contributed by atoms with Crippen LogP contribution >= 0.6 is 0 Å². The SMILES string of the molecule is C[C@@H](CCc1ccco1)NC(=O)c1ccc(S(=O)(=O)NCc2ccco2)cc1. The van der Waals surface area contributed by atoms with Crippen molar-refractivity contribution in [3.8, 4) is 0 Å². The lowest BCUT2D eigenvalue weighted by Crippen LogP contribution is -2.32. The van der Waals surface area contributed by atoms with Crippen LogP contribution in [0.25, 0.3) is 0 Å². The lowest BCUT2D eigenvalue weighted by molar-refractivity contribution is 0.0938. The number of benzene rings is 1. The van der Waals surface area contributed by atoms with Gasteiger partial charge in [0.2, 0.25) is 10.0 Å². The van der Waals surface area contributed by atoms with Crippen molar-refractivity contribution in [3.63, 3.8) is 0 Å². The average Bonchev–Trinajstić information content (AvgIpc) is 3.39. The van der Waals surface area contributed by atoms with Gasteiger partial charge in [0.25, 0.3) is 5.91 Å². The van der Waals surface area contributed by atoms with E-state index >= 15 is 0 Å². The van der Waals surface area contributed by atoms with Gasteiger partial charge in [-0.2, -0.15) is 0 Å². The van der Waals surface area contributed by atoms with E-state index in [4.69, 9.17) is 8.83 Å². The second kappa shape index (κ2) is 8.90. The third-order valence-corrected chi connectivity index (χ3v) is 5.64. The Morgan fingerprint density at radius 1 is 1.00 bits per heavy atom. The molecule has 148 valence electrons. The maximum Gasteiger partial charge on any atom is 0.251 e. The number of aryl methyl sites for hydroxylation is 1. The van der Waals surface area contributed by atoms with E-state index in [1.165, 1.54) is 30.5 Å². The monoisotopic (exact) mass is 402 g/mol. The van der Waals surface area contributed by atoms with Crippen molar-refractivity contribution >= 4 is 15.9 Å². The largest absolute Gasteiger partial charge is 0.469 e. The Bertz CT molecular complexity index is 978. The Labute approximate surface area is 163 Å². The van der Waals surface area contributed by atoms with Crippen molar-refractivity contribution in [2.75, 3.05) is 0 Å². The number of hydrogen-bond donors (Lipinski definition) is 2. The van der Waals surface area contributed by atoms with Gasteiger partial charge in [0, 0.05) is 18.0 Å². The highest BCUT2D eigenvalue weighted by atomic mass is 32.2. The minimum atomic E-state index is -3.69. The molecule has 0 spiro atoms. The molecule has 2 heterocycles. The highest BCUT2D eigenvalue weighted by molar-refractivity contribution is 7.89. The number of furan rings is 2. The van der Waals surface area contributed by atoms with Gasteiger partial charge < -0.3 is 14.2 Å². The molecule has 3 aromatic rings. The summed E-state index contributed by atoms with van der Waals surface area (Å²) in [6, 6.07) is 12.9. The molecule has 0 bridgehead atoms. The zero-order valence-corrected chi connectivity index (χ0v) is 16.2. The van der Waals surface area contributed by atoms with Crippen molar-refractivity contribution in [2.45, 2.75) is 37.2 Å². The molecule has 2 N–H and O–H groups in total. The van der Waals surface area contributed by atoms with Crippen LogP contribution in [0, 0.1) is 0 Å². The van der Waals surface area contributed by atoms with Crippen LogP contribution in [-0.2, 0) is 23.0 Å². The van der Waals surface area contributed by atoms with Gasteiger partial charge in [0.1, 0.15) is 11.5 Å². The maximum atomic E-state index is 12.3. The van der Waals surface area contributed by atoms with E-state index in [2.05, 4.69) is 10.0 Å². The minimum Gasteiger partial charge on any atom is -0.469 e. The summed E-state index contributed by atoms with van der Waals surface area (Å²) in [5, 5.41) is 2.90. The van der Waals surface area contributed by atoms with Gasteiger partial charge in [-0.25, -0.2) is 13.1 Å². The molecule has 28 heavy (non-hydrogen) atoms. The van der Waals surface area contributed by atoms with Crippen LogP contribution in [0.3, 0.4) is 0 Å². The van der Waals surface area contributed by atoms with Gasteiger partial charge in [0.15, 0.2) is 0 Å². The molecule has 0 saturated carbocycles. The van der Waals surface area contributed by atoms with E-state index in [9.17, 15) is 13.2 Å². The molecule has 0 aliphatic carbocycles. The Balaban J connectivity index is 1.54. The predicted octanol–water partition coefficient (Wildman–Crippen LogP) is 3.10. The molecular formula is C20H22N2O5S. The molecule has 0 unspecified atom stereocenters. The van der Waals surface area contributed by atoms with Crippen molar-refractivity contribution in [1.29, 1.82) is 0 Å². The molecule has 3 rings (SSSR count). The quantitative estimate of drug-likeness (QED) is 0.573. The first-order valence-corrected chi connectivity index (χ1v) is 10.4. The topological polar surface area (TPSA) is 102 Å².